The van der Waals surface area contributed by atoms with Gasteiger partial charge in [0, 0.05) is 13.1 Å². The first kappa shape index (κ1) is 15.4. The third kappa shape index (κ3) is 2.52. The van der Waals surface area contributed by atoms with Crippen LogP contribution in [0.5, 0.6) is 0 Å². The number of aryl methyl sites for hydroxylation is 2. The van der Waals surface area contributed by atoms with Gasteiger partial charge in [0.15, 0.2) is 0 Å². The van der Waals surface area contributed by atoms with Crippen molar-refractivity contribution in [2.75, 3.05) is 0 Å². The molecule has 2 heterocycles. The second-order valence-electron chi connectivity index (χ2n) is 5.39. The van der Waals surface area contributed by atoms with Gasteiger partial charge in [-0.1, -0.05) is 46.9 Å². The Morgan fingerprint density at radius 1 is 0.708 bits per heavy atom. The molecule has 122 valence electrons. The molecule has 0 bridgehead atoms. The molecule has 4 rings (SSSR count). The van der Waals surface area contributed by atoms with Crippen LogP contribution in [0.15, 0.2) is 58.7 Å². The number of aromatic nitrogens is 2. The molecule has 4 aromatic rings. The summed E-state index contributed by atoms with van der Waals surface area (Å²) >= 11 is 3.37. The minimum absolute atomic E-state index is 0.887. The Morgan fingerprint density at radius 2 is 1.12 bits per heavy atom. The fourth-order valence-corrected chi connectivity index (χ4v) is 4.98. The lowest BCUT2D eigenvalue weighted by Gasteiger charge is -1.99. The van der Waals surface area contributed by atoms with Gasteiger partial charge in [-0.3, -0.25) is 0 Å². The largest absolute Gasteiger partial charge is 0.315 e. The highest BCUT2D eigenvalue weighted by molar-refractivity contribution is 7.16. The van der Waals surface area contributed by atoms with Crippen molar-refractivity contribution in [1.82, 2.24) is 9.13 Å². The molecule has 0 saturated heterocycles. The molecule has 0 radical (unpaired) electrons. The van der Waals surface area contributed by atoms with Gasteiger partial charge in [-0.15, -0.1) is 10.2 Å². The van der Waals surface area contributed by atoms with E-state index >= 15 is 0 Å². The van der Waals surface area contributed by atoms with E-state index in [0.717, 1.165) is 22.7 Å². The van der Waals surface area contributed by atoms with E-state index in [4.69, 9.17) is 0 Å². The quantitative estimate of drug-likeness (QED) is 0.495. The molecule has 0 aliphatic rings. The van der Waals surface area contributed by atoms with Crippen LogP contribution in [-0.4, -0.2) is 9.13 Å². The zero-order valence-electron chi connectivity index (χ0n) is 13.6. The second-order valence-corrected chi connectivity index (χ2v) is 7.41. The van der Waals surface area contributed by atoms with Gasteiger partial charge >= 0.3 is 0 Å². The zero-order chi connectivity index (χ0) is 16.5. The number of nitrogens with zero attached hydrogens (tertiary/aromatic N) is 4. The normalized spacial score (nSPS) is 13.4. The van der Waals surface area contributed by atoms with Crippen LogP contribution in [0.4, 0.5) is 0 Å². The van der Waals surface area contributed by atoms with Crippen molar-refractivity contribution >= 4 is 43.1 Å². The fraction of sp³-hybridized carbons (Fsp3) is 0.222. The van der Waals surface area contributed by atoms with E-state index in [1.54, 1.807) is 22.7 Å². The molecule has 0 fully saturated rings. The zero-order valence-corrected chi connectivity index (χ0v) is 15.3. The Bertz CT molecular complexity index is 1050. The monoisotopic (exact) mass is 354 g/mol. The number of rotatable bonds is 3. The summed E-state index contributed by atoms with van der Waals surface area (Å²) < 4.78 is 6.92. The Hall–Kier alpha value is -2.18. The van der Waals surface area contributed by atoms with Crippen LogP contribution in [0.3, 0.4) is 0 Å². The summed E-state index contributed by atoms with van der Waals surface area (Å²) in [6.45, 7) is 6.06. The van der Waals surface area contributed by atoms with E-state index in [2.05, 4.69) is 81.7 Å². The van der Waals surface area contributed by atoms with Crippen molar-refractivity contribution in [3.63, 3.8) is 0 Å². The molecule has 2 aromatic carbocycles. The maximum atomic E-state index is 4.58. The number of benzene rings is 2. The van der Waals surface area contributed by atoms with Gasteiger partial charge in [0.25, 0.3) is 0 Å². The number of hydrogen-bond acceptors (Lipinski definition) is 4. The molecule has 0 N–H and O–H groups in total. The molecule has 0 unspecified atom stereocenters. The predicted octanol–water partition coefficient (Wildman–Crippen LogP) is 4.18. The first-order valence-electron chi connectivity index (χ1n) is 8.06. The lowest BCUT2D eigenvalue weighted by molar-refractivity contribution is 0.733. The van der Waals surface area contributed by atoms with Crippen molar-refractivity contribution in [2.45, 2.75) is 26.9 Å². The third-order valence-corrected chi connectivity index (χ3v) is 6.13. The molecule has 0 saturated carbocycles. The second kappa shape index (κ2) is 6.37. The van der Waals surface area contributed by atoms with Crippen molar-refractivity contribution in [1.29, 1.82) is 0 Å². The summed E-state index contributed by atoms with van der Waals surface area (Å²) in [5.41, 5.74) is 2.44. The summed E-state index contributed by atoms with van der Waals surface area (Å²) in [6, 6.07) is 16.8. The van der Waals surface area contributed by atoms with Gasteiger partial charge in [0.05, 0.1) is 20.4 Å². The predicted molar refractivity (Wildman–Crippen MR) is 102 cm³/mol. The van der Waals surface area contributed by atoms with Gasteiger partial charge in [-0.05, 0) is 38.1 Å². The van der Waals surface area contributed by atoms with Gasteiger partial charge in [0.2, 0.25) is 9.60 Å². The molecular formula is C18H18N4S2. The van der Waals surface area contributed by atoms with E-state index < -0.39 is 0 Å². The van der Waals surface area contributed by atoms with Crippen molar-refractivity contribution in [3.8, 4) is 0 Å². The summed E-state index contributed by atoms with van der Waals surface area (Å²) in [7, 11) is 0. The van der Waals surface area contributed by atoms with Crippen LogP contribution < -0.4 is 9.60 Å². The molecule has 0 amide bonds. The van der Waals surface area contributed by atoms with Crippen LogP contribution in [0.1, 0.15) is 13.8 Å². The molecule has 24 heavy (non-hydrogen) atoms. The van der Waals surface area contributed by atoms with Crippen LogP contribution in [0.2, 0.25) is 0 Å². The van der Waals surface area contributed by atoms with E-state index in [1.165, 1.54) is 20.4 Å². The van der Waals surface area contributed by atoms with Crippen LogP contribution in [-0.2, 0) is 13.1 Å². The maximum absolute atomic E-state index is 4.58. The molecule has 0 atom stereocenters. The summed E-state index contributed by atoms with van der Waals surface area (Å²) in [5, 5.41) is 9.17. The average molecular weight is 355 g/mol. The van der Waals surface area contributed by atoms with Crippen LogP contribution in [0.25, 0.3) is 20.4 Å². The maximum Gasteiger partial charge on any atom is 0.211 e. The number of para-hydroxylation sites is 2. The molecule has 0 aliphatic carbocycles. The van der Waals surface area contributed by atoms with Crippen molar-refractivity contribution < 1.29 is 0 Å². The highest BCUT2D eigenvalue weighted by Crippen LogP contribution is 2.17. The Labute approximate surface area is 147 Å². The molecular weight excluding hydrogens is 336 g/mol. The first-order valence-corrected chi connectivity index (χ1v) is 9.69. The summed E-state index contributed by atoms with van der Waals surface area (Å²) in [4.78, 5) is 1.89. The third-order valence-electron chi connectivity index (χ3n) is 4.03. The van der Waals surface area contributed by atoms with Gasteiger partial charge < -0.3 is 9.13 Å². The number of hydrogen-bond donors (Lipinski definition) is 0. The molecule has 2 aromatic heterocycles. The van der Waals surface area contributed by atoms with Gasteiger partial charge in [0.1, 0.15) is 0 Å². The summed E-state index contributed by atoms with van der Waals surface area (Å²) in [6.07, 6.45) is 0. The van der Waals surface area contributed by atoms with E-state index in [1.807, 2.05) is 0 Å². The summed E-state index contributed by atoms with van der Waals surface area (Å²) in [5.74, 6) is 0. The molecule has 6 heteroatoms. The van der Waals surface area contributed by atoms with E-state index in [-0.39, 0.29) is 0 Å². The lowest BCUT2D eigenvalue weighted by atomic mass is 10.3. The highest BCUT2D eigenvalue weighted by Gasteiger charge is 2.05. The standard InChI is InChI=1S/C18H18N4S2/c1-3-21-13-9-5-7-11-15(13)23-17(21)19-20-18-22(4-2)14-10-6-8-12-16(14)24-18/h5-12H,3-4H2,1-2H3/b19-17+,20-18?. The SMILES string of the molecule is CCn1c(=N/N=c2/sc3ccccc3n2CC)sc2ccccc21. The number of thiazole rings is 2. The van der Waals surface area contributed by atoms with E-state index in [9.17, 15) is 0 Å². The Morgan fingerprint density at radius 3 is 1.54 bits per heavy atom. The molecule has 0 aliphatic heterocycles. The van der Waals surface area contributed by atoms with Crippen molar-refractivity contribution in [3.05, 3.63) is 58.1 Å². The van der Waals surface area contributed by atoms with Crippen molar-refractivity contribution in [2.24, 2.45) is 10.2 Å². The topological polar surface area (TPSA) is 34.6 Å². The van der Waals surface area contributed by atoms with Gasteiger partial charge in [-0.25, -0.2) is 0 Å². The molecule has 4 nitrogen and oxygen atoms in total. The van der Waals surface area contributed by atoms with E-state index in [0.29, 0.717) is 0 Å². The highest BCUT2D eigenvalue weighted by atomic mass is 32.1. The minimum atomic E-state index is 0.887. The Kier molecular flexibility index (Phi) is 4.08. The first-order chi connectivity index (χ1) is 11.8. The van der Waals surface area contributed by atoms with Gasteiger partial charge in [-0.2, -0.15) is 0 Å². The minimum Gasteiger partial charge on any atom is -0.315 e. The smallest absolute Gasteiger partial charge is 0.211 e. The molecule has 0 spiro atoms. The average Bonchev–Trinajstić information content (AvgIpc) is 3.16. The Balaban J connectivity index is 1.95. The number of fused-ring (bicyclic) bond motifs is 2. The van der Waals surface area contributed by atoms with Crippen LogP contribution >= 0.6 is 22.7 Å². The fourth-order valence-electron chi connectivity index (χ4n) is 2.89. The van der Waals surface area contributed by atoms with Crippen LogP contribution in [0, 0.1) is 0 Å². The lowest BCUT2D eigenvalue weighted by Crippen LogP contribution is -2.16.